The van der Waals surface area contributed by atoms with E-state index in [0.717, 1.165) is 18.4 Å². The van der Waals surface area contributed by atoms with Gasteiger partial charge in [0.15, 0.2) is 0 Å². The SMILES string of the molecule is CCC1CCC(CNC)C(c2cnccn2)C1. The summed E-state index contributed by atoms with van der Waals surface area (Å²) in [4.78, 5) is 8.74. The molecule has 1 aliphatic rings. The normalized spacial score (nSPS) is 29.2. The van der Waals surface area contributed by atoms with Gasteiger partial charge in [0.05, 0.1) is 5.69 Å². The van der Waals surface area contributed by atoms with E-state index in [9.17, 15) is 0 Å². The maximum absolute atomic E-state index is 4.51. The van der Waals surface area contributed by atoms with Gasteiger partial charge in [-0.25, -0.2) is 0 Å². The van der Waals surface area contributed by atoms with Crippen LogP contribution in [0, 0.1) is 11.8 Å². The number of aromatic nitrogens is 2. The van der Waals surface area contributed by atoms with E-state index in [1.54, 1.807) is 6.20 Å². The Morgan fingerprint density at radius 2 is 2.24 bits per heavy atom. The second-order valence-corrected chi connectivity index (χ2v) is 5.14. The molecule has 1 heterocycles. The molecule has 1 aromatic heterocycles. The third-order valence-electron chi connectivity index (χ3n) is 4.11. The Labute approximate surface area is 104 Å². The zero-order chi connectivity index (χ0) is 12.1. The summed E-state index contributed by atoms with van der Waals surface area (Å²) in [5, 5.41) is 3.32. The Balaban J connectivity index is 2.13. The molecule has 2 rings (SSSR count). The molecule has 94 valence electrons. The summed E-state index contributed by atoms with van der Waals surface area (Å²) in [6.45, 7) is 3.40. The minimum absolute atomic E-state index is 0.592. The van der Waals surface area contributed by atoms with Crippen LogP contribution in [0.4, 0.5) is 0 Å². The molecule has 3 unspecified atom stereocenters. The predicted molar refractivity (Wildman–Crippen MR) is 69.8 cm³/mol. The van der Waals surface area contributed by atoms with Crippen LogP contribution < -0.4 is 5.32 Å². The molecule has 0 aromatic carbocycles. The molecule has 0 bridgehead atoms. The van der Waals surface area contributed by atoms with E-state index in [4.69, 9.17) is 0 Å². The van der Waals surface area contributed by atoms with Crippen LogP contribution in [0.3, 0.4) is 0 Å². The first-order valence-corrected chi connectivity index (χ1v) is 6.75. The van der Waals surface area contributed by atoms with Gasteiger partial charge in [-0.3, -0.25) is 9.97 Å². The first-order valence-electron chi connectivity index (χ1n) is 6.75. The topological polar surface area (TPSA) is 37.8 Å². The van der Waals surface area contributed by atoms with E-state index in [-0.39, 0.29) is 0 Å². The van der Waals surface area contributed by atoms with Crippen LogP contribution >= 0.6 is 0 Å². The van der Waals surface area contributed by atoms with Gasteiger partial charge in [-0.2, -0.15) is 0 Å². The zero-order valence-electron chi connectivity index (χ0n) is 10.9. The van der Waals surface area contributed by atoms with Crippen molar-refractivity contribution in [2.24, 2.45) is 11.8 Å². The monoisotopic (exact) mass is 233 g/mol. The van der Waals surface area contributed by atoms with Gasteiger partial charge in [0.2, 0.25) is 0 Å². The van der Waals surface area contributed by atoms with Crippen molar-refractivity contribution in [2.75, 3.05) is 13.6 Å². The molecule has 0 radical (unpaired) electrons. The first kappa shape index (κ1) is 12.5. The lowest BCUT2D eigenvalue weighted by Crippen LogP contribution is -2.31. The highest BCUT2D eigenvalue weighted by molar-refractivity contribution is 5.07. The maximum atomic E-state index is 4.51. The van der Waals surface area contributed by atoms with Crippen LogP contribution in [-0.4, -0.2) is 23.6 Å². The summed E-state index contributed by atoms with van der Waals surface area (Å²) >= 11 is 0. The number of hydrogen-bond donors (Lipinski definition) is 1. The molecule has 1 saturated carbocycles. The van der Waals surface area contributed by atoms with E-state index >= 15 is 0 Å². The van der Waals surface area contributed by atoms with Crippen molar-refractivity contribution < 1.29 is 0 Å². The maximum Gasteiger partial charge on any atom is 0.0620 e. The third kappa shape index (κ3) is 3.03. The summed E-state index contributed by atoms with van der Waals surface area (Å²) in [6.07, 6.45) is 10.8. The molecule has 3 nitrogen and oxygen atoms in total. The molecule has 17 heavy (non-hydrogen) atoms. The average molecular weight is 233 g/mol. The zero-order valence-corrected chi connectivity index (χ0v) is 10.9. The number of nitrogens with one attached hydrogen (secondary N) is 1. The van der Waals surface area contributed by atoms with Crippen molar-refractivity contribution in [1.29, 1.82) is 0 Å². The lowest BCUT2D eigenvalue weighted by molar-refractivity contribution is 0.225. The fourth-order valence-electron chi connectivity index (χ4n) is 3.06. The van der Waals surface area contributed by atoms with Gasteiger partial charge in [-0.05, 0) is 38.3 Å². The van der Waals surface area contributed by atoms with E-state index in [1.807, 2.05) is 19.4 Å². The van der Waals surface area contributed by atoms with Gasteiger partial charge < -0.3 is 5.32 Å². The van der Waals surface area contributed by atoms with Crippen molar-refractivity contribution >= 4 is 0 Å². The summed E-state index contributed by atoms with van der Waals surface area (Å²) < 4.78 is 0. The predicted octanol–water partition coefficient (Wildman–Crippen LogP) is 2.61. The molecule has 3 atom stereocenters. The van der Waals surface area contributed by atoms with Crippen LogP contribution in [-0.2, 0) is 0 Å². The first-order chi connectivity index (χ1) is 8.35. The van der Waals surface area contributed by atoms with E-state index in [2.05, 4.69) is 22.2 Å². The van der Waals surface area contributed by atoms with Gasteiger partial charge in [-0.15, -0.1) is 0 Å². The summed E-state index contributed by atoms with van der Waals surface area (Å²) in [6, 6.07) is 0. The van der Waals surface area contributed by atoms with Crippen molar-refractivity contribution in [2.45, 2.75) is 38.5 Å². The molecular formula is C14H23N3. The fraction of sp³-hybridized carbons (Fsp3) is 0.714. The third-order valence-corrected chi connectivity index (χ3v) is 4.11. The minimum Gasteiger partial charge on any atom is -0.319 e. The van der Waals surface area contributed by atoms with Gasteiger partial charge in [-0.1, -0.05) is 19.8 Å². The molecule has 0 aliphatic heterocycles. The molecule has 1 fully saturated rings. The molecule has 0 spiro atoms. The number of hydrogen-bond acceptors (Lipinski definition) is 3. The molecule has 3 heteroatoms. The summed E-state index contributed by atoms with van der Waals surface area (Å²) in [7, 11) is 2.04. The molecule has 0 amide bonds. The van der Waals surface area contributed by atoms with E-state index < -0.39 is 0 Å². The van der Waals surface area contributed by atoms with Crippen LogP contribution in [0.1, 0.15) is 44.2 Å². The van der Waals surface area contributed by atoms with E-state index in [0.29, 0.717) is 5.92 Å². The van der Waals surface area contributed by atoms with E-state index in [1.165, 1.54) is 31.4 Å². The Kier molecular flexibility index (Phi) is 4.49. The van der Waals surface area contributed by atoms with Gasteiger partial charge >= 0.3 is 0 Å². The summed E-state index contributed by atoms with van der Waals surface area (Å²) in [5.41, 5.74) is 1.19. The molecule has 1 aliphatic carbocycles. The van der Waals surface area contributed by atoms with Crippen molar-refractivity contribution in [3.05, 3.63) is 24.3 Å². The molecular weight excluding hydrogens is 210 g/mol. The average Bonchev–Trinajstić information content (AvgIpc) is 2.40. The smallest absolute Gasteiger partial charge is 0.0620 e. The molecule has 0 saturated heterocycles. The highest BCUT2D eigenvalue weighted by Crippen LogP contribution is 2.40. The lowest BCUT2D eigenvalue weighted by atomic mass is 9.72. The van der Waals surface area contributed by atoms with Crippen LogP contribution in [0.2, 0.25) is 0 Å². The van der Waals surface area contributed by atoms with Crippen LogP contribution in [0.25, 0.3) is 0 Å². The van der Waals surface area contributed by atoms with Crippen molar-refractivity contribution in [1.82, 2.24) is 15.3 Å². The van der Waals surface area contributed by atoms with Crippen molar-refractivity contribution in [3.8, 4) is 0 Å². The second kappa shape index (κ2) is 6.10. The van der Waals surface area contributed by atoms with Crippen molar-refractivity contribution in [3.63, 3.8) is 0 Å². The minimum atomic E-state index is 0.592. The van der Waals surface area contributed by atoms with Gasteiger partial charge in [0, 0.05) is 24.5 Å². The fourth-order valence-corrected chi connectivity index (χ4v) is 3.06. The van der Waals surface area contributed by atoms with Crippen LogP contribution in [0.5, 0.6) is 0 Å². The lowest BCUT2D eigenvalue weighted by Gasteiger charge is -2.35. The van der Waals surface area contributed by atoms with Gasteiger partial charge in [0.1, 0.15) is 0 Å². The highest BCUT2D eigenvalue weighted by Gasteiger charge is 2.31. The quantitative estimate of drug-likeness (QED) is 0.868. The Hall–Kier alpha value is -0.960. The molecule has 1 aromatic rings. The largest absolute Gasteiger partial charge is 0.319 e. The highest BCUT2D eigenvalue weighted by atomic mass is 14.8. The second-order valence-electron chi connectivity index (χ2n) is 5.14. The standard InChI is InChI=1S/C14H23N3/c1-3-11-4-5-12(9-15-2)13(8-11)14-10-16-6-7-17-14/h6-7,10-13,15H,3-5,8-9H2,1-2H3. The Bertz CT molecular complexity index is 325. The summed E-state index contributed by atoms with van der Waals surface area (Å²) in [5.74, 6) is 2.18. The number of rotatable bonds is 4. The molecule has 1 N–H and O–H groups in total. The Morgan fingerprint density at radius 3 is 2.88 bits per heavy atom. The van der Waals surface area contributed by atoms with Crippen LogP contribution in [0.15, 0.2) is 18.6 Å². The van der Waals surface area contributed by atoms with Gasteiger partial charge in [0.25, 0.3) is 0 Å². The number of nitrogens with zero attached hydrogens (tertiary/aromatic N) is 2. The Morgan fingerprint density at radius 1 is 1.35 bits per heavy atom.